The van der Waals surface area contributed by atoms with Gasteiger partial charge in [-0.3, -0.25) is 0 Å². The Labute approximate surface area is 114 Å². The molecule has 1 aromatic rings. The quantitative estimate of drug-likeness (QED) is 0.749. The van der Waals surface area contributed by atoms with E-state index < -0.39 is 12.0 Å². The molecule has 0 fully saturated rings. The minimum atomic E-state index is -0.977. The fourth-order valence-corrected chi connectivity index (χ4v) is 1.62. The average Bonchev–Trinajstić information content (AvgIpc) is 2.32. The summed E-state index contributed by atoms with van der Waals surface area (Å²) in [5.41, 5.74) is 0.349. The van der Waals surface area contributed by atoms with E-state index in [4.69, 9.17) is 33.0 Å². The van der Waals surface area contributed by atoms with E-state index >= 15 is 0 Å². The molecule has 1 aromatic heterocycles. The highest BCUT2D eigenvalue weighted by Crippen LogP contribution is 2.22. The Bertz CT molecular complexity index is 417. The molecule has 6 nitrogen and oxygen atoms in total. The van der Waals surface area contributed by atoms with Gasteiger partial charge in [-0.15, -0.1) is 10.2 Å². The molecule has 18 heavy (non-hydrogen) atoms. The maximum atomic E-state index is 11.1. The van der Waals surface area contributed by atoms with Gasteiger partial charge < -0.3 is 15.2 Å². The number of anilines is 1. The topological polar surface area (TPSA) is 84.3 Å². The van der Waals surface area contributed by atoms with Crippen LogP contribution < -0.4 is 5.32 Å². The van der Waals surface area contributed by atoms with Gasteiger partial charge in [0.05, 0.1) is 5.69 Å². The summed E-state index contributed by atoms with van der Waals surface area (Å²) in [5, 5.41) is 19.2. The van der Waals surface area contributed by atoms with Gasteiger partial charge in [-0.05, 0) is 12.8 Å². The molecule has 1 atom stereocenters. The van der Waals surface area contributed by atoms with E-state index in [9.17, 15) is 4.79 Å². The lowest BCUT2D eigenvalue weighted by Gasteiger charge is -2.15. The lowest BCUT2D eigenvalue weighted by atomic mass is 10.1. The predicted molar refractivity (Wildman–Crippen MR) is 68.2 cm³/mol. The molecule has 0 amide bonds. The molecule has 1 heterocycles. The molecule has 1 unspecified atom stereocenters. The van der Waals surface area contributed by atoms with Crippen molar-refractivity contribution in [2.45, 2.75) is 18.9 Å². The third-order valence-electron chi connectivity index (χ3n) is 2.19. The Morgan fingerprint density at radius 2 is 2.28 bits per heavy atom. The number of aliphatic carboxylic acids is 1. The van der Waals surface area contributed by atoms with Crippen LogP contribution in [0.15, 0.2) is 6.07 Å². The first kappa shape index (κ1) is 14.9. The number of halogens is 2. The normalized spacial score (nSPS) is 12.2. The van der Waals surface area contributed by atoms with Crippen molar-refractivity contribution in [3.8, 4) is 0 Å². The van der Waals surface area contributed by atoms with Crippen LogP contribution in [0, 0.1) is 0 Å². The van der Waals surface area contributed by atoms with Crippen LogP contribution in [-0.2, 0) is 9.53 Å². The Kier molecular flexibility index (Phi) is 6.11. The molecule has 0 aromatic carbocycles. The molecule has 0 bridgehead atoms. The fraction of sp³-hybridized carbons (Fsp3) is 0.500. The van der Waals surface area contributed by atoms with Gasteiger partial charge >= 0.3 is 5.97 Å². The number of carboxylic acids is 1. The summed E-state index contributed by atoms with van der Waals surface area (Å²) in [6.07, 6.45) is 1.02. The fourth-order valence-electron chi connectivity index (χ4n) is 1.33. The van der Waals surface area contributed by atoms with E-state index in [0.29, 0.717) is 25.1 Å². The van der Waals surface area contributed by atoms with Gasteiger partial charge in [-0.25, -0.2) is 4.79 Å². The summed E-state index contributed by atoms with van der Waals surface area (Å²) in [7, 11) is 1.56. The van der Waals surface area contributed by atoms with E-state index in [0.717, 1.165) is 0 Å². The summed E-state index contributed by atoms with van der Waals surface area (Å²) < 4.78 is 4.87. The molecule has 8 heteroatoms. The largest absolute Gasteiger partial charge is 0.480 e. The zero-order valence-corrected chi connectivity index (χ0v) is 11.2. The van der Waals surface area contributed by atoms with Crippen LogP contribution in [0.25, 0.3) is 0 Å². The number of aromatic nitrogens is 2. The van der Waals surface area contributed by atoms with Gasteiger partial charge in [0.25, 0.3) is 0 Å². The zero-order chi connectivity index (χ0) is 13.5. The second kappa shape index (κ2) is 7.35. The van der Waals surface area contributed by atoms with Crippen LogP contribution in [0.3, 0.4) is 0 Å². The number of carboxylic acid groups (broad SMARTS) is 1. The molecular weight excluding hydrogens is 281 g/mol. The van der Waals surface area contributed by atoms with E-state index in [1.165, 1.54) is 6.07 Å². The number of hydrogen-bond donors (Lipinski definition) is 2. The van der Waals surface area contributed by atoms with Crippen molar-refractivity contribution in [1.29, 1.82) is 0 Å². The van der Waals surface area contributed by atoms with E-state index in [2.05, 4.69) is 15.5 Å². The van der Waals surface area contributed by atoms with Crippen molar-refractivity contribution in [3.05, 3.63) is 16.4 Å². The maximum Gasteiger partial charge on any atom is 0.326 e. The zero-order valence-electron chi connectivity index (χ0n) is 9.69. The lowest BCUT2D eigenvalue weighted by molar-refractivity contribution is -0.138. The van der Waals surface area contributed by atoms with Crippen LogP contribution >= 0.6 is 23.2 Å². The standard InChI is InChI=1S/C10H13Cl2N3O3/c1-18-4-2-3-6(10(16)17)13-7-5-8(11)14-15-9(7)12/h5-6H,2-4H2,1H3,(H,13,14)(H,16,17). The van der Waals surface area contributed by atoms with Crippen LogP contribution in [-0.4, -0.2) is 41.0 Å². The summed E-state index contributed by atoms with van der Waals surface area (Å²) in [5.74, 6) is -0.977. The van der Waals surface area contributed by atoms with Gasteiger partial charge in [-0.1, -0.05) is 23.2 Å². The van der Waals surface area contributed by atoms with Gasteiger partial charge in [0.15, 0.2) is 10.3 Å². The molecule has 1 rings (SSSR count). The average molecular weight is 294 g/mol. The summed E-state index contributed by atoms with van der Waals surface area (Å²) in [4.78, 5) is 11.1. The Balaban J connectivity index is 2.70. The van der Waals surface area contributed by atoms with Crippen molar-refractivity contribution in [2.75, 3.05) is 19.0 Å². The van der Waals surface area contributed by atoms with E-state index in [1.807, 2.05) is 0 Å². The highest BCUT2D eigenvalue weighted by atomic mass is 35.5. The van der Waals surface area contributed by atoms with Crippen LogP contribution in [0.5, 0.6) is 0 Å². The number of ether oxygens (including phenoxy) is 1. The molecule has 0 aliphatic heterocycles. The minimum absolute atomic E-state index is 0.0809. The molecule has 100 valence electrons. The van der Waals surface area contributed by atoms with Crippen molar-refractivity contribution in [3.63, 3.8) is 0 Å². The summed E-state index contributed by atoms with van der Waals surface area (Å²) in [6, 6.07) is 0.654. The lowest BCUT2D eigenvalue weighted by Crippen LogP contribution is -2.29. The Morgan fingerprint density at radius 1 is 1.56 bits per heavy atom. The number of hydrogen-bond acceptors (Lipinski definition) is 5. The molecule has 2 N–H and O–H groups in total. The SMILES string of the molecule is COCCCC(Nc1cc(Cl)nnc1Cl)C(=O)O. The number of carbonyl (C=O) groups is 1. The van der Waals surface area contributed by atoms with Gasteiger partial charge in [0, 0.05) is 19.8 Å². The number of nitrogens with zero attached hydrogens (tertiary/aromatic N) is 2. The van der Waals surface area contributed by atoms with Crippen molar-refractivity contribution in [1.82, 2.24) is 10.2 Å². The summed E-state index contributed by atoms with van der Waals surface area (Å²) in [6.45, 7) is 0.495. The third kappa shape index (κ3) is 4.64. The van der Waals surface area contributed by atoms with E-state index in [-0.39, 0.29) is 10.3 Å². The van der Waals surface area contributed by atoms with Crippen LogP contribution in [0.4, 0.5) is 5.69 Å². The highest BCUT2D eigenvalue weighted by Gasteiger charge is 2.18. The van der Waals surface area contributed by atoms with Gasteiger partial charge in [-0.2, -0.15) is 0 Å². The molecule has 0 radical (unpaired) electrons. The molecule has 0 saturated heterocycles. The van der Waals surface area contributed by atoms with Crippen molar-refractivity contribution < 1.29 is 14.6 Å². The highest BCUT2D eigenvalue weighted by molar-refractivity contribution is 6.33. The molecule has 0 saturated carbocycles. The van der Waals surface area contributed by atoms with Crippen LogP contribution in [0.2, 0.25) is 10.3 Å². The number of nitrogens with one attached hydrogen (secondary N) is 1. The number of methoxy groups -OCH3 is 1. The minimum Gasteiger partial charge on any atom is -0.480 e. The van der Waals surface area contributed by atoms with Crippen molar-refractivity contribution >= 4 is 34.9 Å². The predicted octanol–water partition coefficient (Wildman–Crippen LogP) is 2.08. The van der Waals surface area contributed by atoms with E-state index in [1.54, 1.807) is 7.11 Å². The Morgan fingerprint density at radius 3 is 2.89 bits per heavy atom. The van der Waals surface area contributed by atoms with Gasteiger partial charge in [0.2, 0.25) is 0 Å². The third-order valence-corrected chi connectivity index (χ3v) is 2.65. The first-order valence-electron chi connectivity index (χ1n) is 5.21. The monoisotopic (exact) mass is 293 g/mol. The maximum absolute atomic E-state index is 11.1. The number of rotatable bonds is 7. The molecule has 0 aliphatic carbocycles. The molecule has 0 aliphatic rings. The first-order chi connectivity index (χ1) is 8.54. The summed E-state index contributed by atoms with van der Waals surface area (Å²) >= 11 is 11.5. The van der Waals surface area contributed by atoms with Gasteiger partial charge in [0.1, 0.15) is 6.04 Å². The Hall–Kier alpha value is -1.11. The second-order valence-corrected chi connectivity index (χ2v) is 4.29. The van der Waals surface area contributed by atoms with Crippen LogP contribution in [0.1, 0.15) is 12.8 Å². The molecular formula is C10H13Cl2N3O3. The molecule has 0 spiro atoms. The first-order valence-corrected chi connectivity index (χ1v) is 5.97. The van der Waals surface area contributed by atoms with Crippen molar-refractivity contribution in [2.24, 2.45) is 0 Å². The second-order valence-electron chi connectivity index (χ2n) is 3.54. The smallest absolute Gasteiger partial charge is 0.326 e.